The lowest BCUT2D eigenvalue weighted by atomic mass is 10.1. The molecule has 0 spiro atoms. The summed E-state index contributed by atoms with van der Waals surface area (Å²) >= 11 is 0. The minimum atomic E-state index is -0.0905. The van der Waals surface area contributed by atoms with E-state index >= 15 is 0 Å². The fraction of sp³-hybridized carbons (Fsp3) is 0.762. The first-order valence-corrected chi connectivity index (χ1v) is 10.6. The normalized spacial score (nSPS) is 12.3. The summed E-state index contributed by atoms with van der Waals surface area (Å²) in [5.74, 6) is 0.771. The molecule has 0 aliphatic rings. The van der Waals surface area contributed by atoms with Crippen molar-refractivity contribution in [3.8, 4) is 0 Å². The highest BCUT2D eigenvalue weighted by molar-refractivity contribution is 14.0. The molecule has 1 heterocycles. The van der Waals surface area contributed by atoms with Gasteiger partial charge < -0.3 is 15.4 Å². The molecule has 7 nitrogen and oxygen atoms in total. The summed E-state index contributed by atoms with van der Waals surface area (Å²) in [6, 6.07) is 0.268. The van der Waals surface area contributed by atoms with Gasteiger partial charge in [-0.3, -0.25) is 14.5 Å². The number of nitrogens with zero attached hydrogens (tertiary/aromatic N) is 3. The Bertz CT molecular complexity index is 631. The number of aromatic nitrogens is 2. The Morgan fingerprint density at radius 3 is 2.48 bits per heavy atom. The Labute approximate surface area is 193 Å². The van der Waals surface area contributed by atoms with E-state index in [0.29, 0.717) is 13.0 Å². The van der Waals surface area contributed by atoms with E-state index in [0.717, 1.165) is 56.8 Å². The van der Waals surface area contributed by atoms with Gasteiger partial charge in [0.15, 0.2) is 5.96 Å². The zero-order valence-electron chi connectivity index (χ0n) is 19.0. The summed E-state index contributed by atoms with van der Waals surface area (Å²) in [4.78, 5) is 16.0. The van der Waals surface area contributed by atoms with E-state index in [-0.39, 0.29) is 36.0 Å². The van der Waals surface area contributed by atoms with Crippen LogP contribution in [0.15, 0.2) is 4.99 Å². The zero-order chi connectivity index (χ0) is 20.9. The van der Waals surface area contributed by atoms with Crippen LogP contribution in [0, 0.1) is 13.8 Å². The molecule has 0 bridgehead atoms. The van der Waals surface area contributed by atoms with Gasteiger partial charge in [-0.2, -0.15) is 5.10 Å². The van der Waals surface area contributed by atoms with Crippen molar-refractivity contribution in [2.75, 3.05) is 19.7 Å². The summed E-state index contributed by atoms with van der Waals surface area (Å²) < 4.78 is 6.88. The standard InChI is InChI=1S/C21H39N5O2.HI/c1-7-22-21(23-14-12-10-9-11-13-20(27)28-8-2)24-16(3)15-19-17(4)25-26(6)18(19)5;/h16H,7-15H2,1-6H3,(H2,22,23,24);1H. The van der Waals surface area contributed by atoms with Crippen molar-refractivity contribution in [2.24, 2.45) is 12.0 Å². The second kappa shape index (κ2) is 15.5. The second-order valence-corrected chi connectivity index (χ2v) is 7.25. The Morgan fingerprint density at radius 2 is 1.90 bits per heavy atom. The van der Waals surface area contributed by atoms with Gasteiger partial charge in [-0.05, 0) is 59.4 Å². The van der Waals surface area contributed by atoms with E-state index in [1.165, 1.54) is 11.3 Å². The highest BCUT2D eigenvalue weighted by Gasteiger charge is 2.13. The number of carbonyl (C=O) groups is 1. The van der Waals surface area contributed by atoms with Crippen molar-refractivity contribution in [1.82, 2.24) is 20.4 Å². The molecule has 0 aliphatic carbocycles. The number of rotatable bonds is 12. The Hall–Kier alpha value is -1.32. The third kappa shape index (κ3) is 10.9. The monoisotopic (exact) mass is 521 g/mol. The first-order valence-electron chi connectivity index (χ1n) is 10.6. The van der Waals surface area contributed by atoms with Gasteiger partial charge in [-0.25, -0.2) is 0 Å². The lowest BCUT2D eigenvalue weighted by molar-refractivity contribution is -0.143. The number of ether oxygens (including phenoxy) is 1. The molecule has 1 rings (SSSR count). The van der Waals surface area contributed by atoms with Crippen LogP contribution in [0.2, 0.25) is 0 Å². The number of halogens is 1. The molecule has 0 saturated heterocycles. The van der Waals surface area contributed by atoms with Crippen LogP contribution in [0.3, 0.4) is 0 Å². The molecule has 0 fully saturated rings. The average Bonchev–Trinajstić information content (AvgIpc) is 2.87. The smallest absolute Gasteiger partial charge is 0.305 e. The van der Waals surface area contributed by atoms with E-state index in [2.05, 4.69) is 48.4 Å². The largest absolute Gasteiger partial charge is 0.466 e. The summed E-state index contributed by atoms with van der Waals surface area (Å²) in [5.41, 5.74) is 3.62. The number of guanidine groups is 1. The molecule has 0 amide bonds. The lowest BCUT2D eigenvalue weighted by Gasteiger charge is -2.18. The van der Waals surface area contributed by atoms with Crippen LogP contribution in [0.5, 0.6) is 0 Å². The Balaban J connectivity index is 0.00000784. The van der Waals surface area contributed by atoms with Gasteiger partial charge in [0.25, 0.3) is 0 Å². The molecule has 29 heavy (non-hydrogen) atoms. The topological polar surface area (TPSA) is 80.5 Å². The number of hydrogen-bond donors (Lipinski definition) is 2. The molecule has 2 N–H and O–H groups in total. The van der Waals surface area contributed by atoms with Crippen molar-refractivity contribution in [2.45, 2.75) is 79.2 Å². The van der Waals surface area contributed by atoms with Crippen molar-refractivity contribution in [3.05, 3.63) is 17.0 Å². The third-order valence-electron chi connectivity index (χ3n) is 4.76. The minimum absolute atomic E-state index is 0. The molecule has 0 saturated carbocycles. The van der Waals surface area contributed by atoms with Crippen LogP contribution in [-0.4, -0.2) is 47.4 Å². The molecule has 1 atom stereocenters. The average molecular weight is 521 g/mol. The van der Waals surface area contributed by atoms with Crippen molar-refractivity contribution < 1.29 is 9.53 Å². The SMILES string of the molecule is CCNC(=NCCCCCCC(=O)OCC)NC(C)Cc1c(C)nn(C)c1C.I. The lowest BCUT2D eigenvalue weighted by Crippen LogP contribution is -2.43. The van der Waals surface area contributed by atoms with Crippen LogP contribution in [-0.2, 0) is 23.0 Å². The maximum Gasteiger partial charge on any atom is 0.305 e. The number of aryl methyl sites for hydroxylation is 2. The number of hydrogen-bond acceptors (Lipinski definition) is 4. The highest BCUT2D eigenvalue weighted by atomic mass is 127. The maximum absolute atomic E-state index is 11.3. The predicted octanol–water partition coefficient (Wildman–Crippen LogP) is 3.65. The molecule has 0 radical (unpaired) electrons. The van der Waals surface area contributed by atoms with Gasteiger partial charge in [-0.15, -0.1) is 24.0 Å². The van der Waals surface area contributed by atoms with Crippen LogP contribution in [0.4, 0.5) is 0 Å². The second-order valence-electron chi connectivity index (χ2n) is 7.25. The van der Waals surface area contributed by atoms with Gasteiger partial charge in [0.05, 0.1) is 12.3 Å². The fourth-order valence-corrected chi connectivity index (χ4v) is 3.18. The van der Waals surface area contributed by atoms with Crippen molar-refractivity contribution >= 4 is 35.9 Å². The van der Waals surface area contributed by atoms with Crippen molar-refractivity contribution in [1.29, 1.82) is 0 Å². The molecular weight excluding hydrogens is 481 g/mol. The Kier molecular flexibility index (Phi) is 14.8. The molecule has 1 unspecified atom stereocenters. The number of carbonyl (C=O) groups excluding carboxylic acids is 1. The Morgan fingerprint density at radius 1 is 1.21 bits per heavy atom. The predicted molar refractivity (Wildman–Crippen MR) is 130 cm³/mol. The van der Waals surface area contributed by atoms with Crippen LogP contribution >= 0.6 is 24.0 Å². The van der Waals surface area contributed by atoms with Gasteiger partial charge in [0.1, 0.15) is 0 Å². The quantitative estimate of drug-likeness (QED) is 0.144. The van der Waals surface area contributed by atoms with Gasteiger partial charge in [-0.1, -0.05) is 12.8 Å². The van der Waals surface area contributed by atoms with Gasteiger partial charge in [0.2, 0.25) is 0 Å². The van der Waals surface area contributed by atoms with E-state index in [1.807, 2.05) is 18.7 Å². The molecule has 0 aliphatic heterocycles. The summed E-state index contributed by atoms with van der Waals surface area (Å²) in [5, 5.41) is 11.3. The highest BCUT2D eigenvalue weighted by Crippen LogP contribution is 2.14. The molecule has 1 aromatic rings. The minimum Gasteiger partial charge on any atom is -0.466 e. The number of aliphatic imine (C=N–C) groups is 1. The molecule has 1 aromatic heterocycles. The van der Waals surface area contributed by atoms with Crippen LogP contribution in [0.1, 0.15) is 69.8 Å². The first kappa shape index (κ1) is 27.7. The number of unbranched alkanes of at least 4 members (excludes halogenated alkanes) is 3. The summed E-state index contributed by atoms with van der Waals surface area (Å²) in [7, 11) is 1.99. The van der Waals surface area contributed by atoms with E-state index in [1.54, 1.807) is 0 Å². The molecule has 0 aromatic carbocycles. The first-order chi connectivity index (χ1) is 13.4. The maximum atomic E-state index is 11.3. The van der Waals surface area contributed by atoms with Gasteiger partial charge >= 0.3 is 5.97 Å². The summed E-state index contributed by atoms with van der Waals surface area (Å²) in [6.07, 6.45) is 5.46. The van der Waals surface area contributed by atoms with Gasteiger partial charge in [0, 0.05) is 38.3 Å². The van der Waals surface area contributed by atoms with E-state index in [4.69, 9.17) is 4.74 Å². The molecule has 168 valence electrons. The number of nitrogens with one attached hydrogen (secondary N) is 2. The summed E-state index contributed by atoms with van der Waals surface area (Å²) in [6.45, 7) is 12.4. The van der Waals surface area contributed by atoms with Crippen molar-refractivity contribution in [3.63, 3.8) is 0 Å². The van der Waals surface area contributed by atoms with Crippen LogP contribution < -0.4 is 10.6 Å². The zero-order valence-corrected chi connectivity index (χ0v) is 21.3. The fourth-order valence-electron chi connectivity index (χ4n) is 3.18. The third-order valence-corrected chi connectivity index (χ3v) is 4.76. The van der Waals surface area contributed by atoms with E-state index < -0.39 is 0 Å². The van der Waals surface area contributed by atoms with E-state index in [9.17, 15) is 4.79 Å². The number of esters is 1. The molecular formula is C21H40IN5O2. The molecule has 8 heteroatoms. The van der Waals surface area contributed by atoms with Crippen LogP contribution in [0.25, 0.3) is 0 Å².